The zero-order chi connectivity index (χ0) is 14.9. The van der Waals surface area contributed by atoms with Crippen molar-refractivity contribution in [3.63, 3.8) is 0 Å². The first-order valence-electron chi connectivity index (χ1n) is 8.70. The van der Waals surface area contributed by atoms with Crippen LogP contribution in [0.5, 0.6) is 0 Å². The molecular weight excluding hydrogens is 230 g/mol. The summed E-state index contributed by atoms with van der Waals surface area (Å²) >= 11 is 0. The summed E-state index contributed by atoms with van der Waals surface area (Å²) in [4.78, 5) is 2.76. The maximum atomic E-state index is 2.76. The molecule has 0 aromatic carbocycles. The van der Waals surface area contributed by atoms with E-state index in [9.17, 15) is 0 Å². The summed E-state index contributed by atoms with van der Waals surface area (Å²) < 4.78 is 0. The molecule has 0 fully saturated rings. The van der Waals surface area contributed by atoms with Gasteiger partial charge in [0.2, 0.25) is 0 Å². The van der Waals surface area contributed by atoms with Crippen LogP contribution in [-0.4, -0.2) is 23.5 Å². The molecule has 1 heteroatoms. The van der Waals surface area contributed by atoms with Gasteiger partial charge in [-0.05, 0) is 37.8 Å². The van der Waals surface area contributed by atoms with Crippen LogP contribution in [0.4, 0.5) is 0 Å². The molecule has 1 nitrogen and oxygen atoms in total. The fraction of sp³-hybridized carbons (Fsp3) is 1.00. The average Bonchev–Trinajstić information content (AvgIpc) is 2.38. The Morgan fingerprint density at radius 2 is 1.16 bits per heavy atom. The van der Waals surface area contributed by atoms with Gasteiger partial charge >= 0.3 is 0 Å². The van der Waals surface area contributed by atoms with Gasteiger partial charge in [0.15, 0.2) is 0 Å². The van der Waals surface area contributed by atoms with E-state index in [1.54, 1.807) is 0 Å². The van der Waals surface area contributed by atoms with Gasteiger partial charge in [0, 0.05) is 5.54 Å². The molecule has 0 saturated carbocycles. The number of unbranched alkanes of at least 4 members (excludes halogenated alkanes) is 1. The maximum absolute atomic E-state index is 2.76. The van der Waals surface area contributed by atoms with Gasteiger partial charge in [-0.15, -0.1) is 0 Å². The van der Waals surface area contributed by atoms with Crippen molar-refractivity contribution in [1.29, 1.82) is 0 Å². The SMILES string of the molecule is CCCCC(C)(C)C(CCC)(CCC)N(CC)CC. The Labute approximate surface area is 123 Å². The molecule has 0 aliphatic rings. The molecule has 0 aromatic heterocycles. The Morgan fingerprint density at radius 3 is 1.47 bits per heavy atom. The van der Waals surface area contributed by atoms with Crippen molar-refractivity contribution in [3.05, 3.63) is 0 Å². The van der Waals surface area contributed by atoms with Crippen LogP contribution < -0.4 is 0 Å². The molecule has 0 aliphatic carbocycles. The molecule has 0 radical (unpaired) electrons. The lowest BCUT2D eigenvalue weighted by molar-refractivity contribution is -0.0336. The second kappa shape index (κ2) is 9.00. The minimum Gasteiger partial charge on any atom is -0.298 e. The van der Waals surface area contributed by atoms with Crippen LogP contribution in [0.15, 0.2) is 0 Å². The van der Waals surface area contributed by atoms with Gasteiger partial charge < -0.3 is 0 Å². The standard InChI is InChI=1S/C18H39N/c1-8-13-16-17(6,7)18(14-9-2,15-10-3)19(11-4)12-5/h8-16H2,1-7H3. The predicted molar refractivity (Wildman–Crippen MR) is 88.8 cm³/mol. The molecule has 116 valence electrons. The molecule has 0 saturated heterocycles. The summed E-state index contributed by atoms with van der Waals surface area (Å²) in [7, 11) is 0. The molecule has 19 heavy (non-hydrogen) atoms. The smallest absolute Gasteiger partial charge is 0.0260 e. The van der Waals surface area contributed by atoms with Crippen LogP contribution in [0.2, 0.25) is 0 Å². The normalized spacial score (nSPS) is 13.3. The van der Waals surface area contributed by atoms with E-state index in [0.717, 1.165) is 0 Å². The highest BCUT2D eigenvalue weighted by atomic mass is 15.2. The first-order valence-corrected chi connectivity index (χ1v) is 8.70. The Bertz CT molecular complexity index is 210. The highest BCUT2D eigenvalue weighted by Crippen LogP contribution is 2.46. The quantitative estimate of drug-likeness (QED) is 0.452. The summed E-state index contributed by atoms with van der Waals surface area (Å²) in [5, 5.41) is 0. The third-order valence-corrected chi connectivity index (χ3v) is 5.11. The third-order valence-electron chi connectivity index (χ3n) is 5.11. The van der Waals surface area contributed by atoms with Crippen molar-refractivity contribution in [2.45, 2.75) is 99.0 Å². The fourth-order valence-electron chi connectivity index (χ4n) is 4.05. The Balaban J connectivity index is 5.39. The monoisotopic (exact) mass is 269 g/mol. The first kappa shape index (κ1) is 19.0. The molecular formula is C18H39N. The fourth-order valence-corrected chi connectivity index (χ4v) is 4.05. The lowest BCUT2D eigenvalue weighted by atomic mass is 9.64. The van der Waals surface area contributed by atoms with Crippen molar-refractivity contribution < 1.29 is 0 Å². The van der Waals surface area contributed by atoms with Gasteiger partial charge in [0.05, 0.1) is 0 Å². The second-order valence-electron chi connectivity index (χ2n) is 6.69. The van der Waals surface area contributed by atoms with Gasteiger partial charge in [-0.25, -0.2) is 0 Å². The zero-order valence-corrected chi connectivity index (χ0v) is 14.8. The van der Waals surface area contributed by atoms with E-state index in [-0.39, 0.29) is 0 Å². The van der Waals surface area contributed by atoms with E-state index in [0.29, 0.717) is 11.0 Å². The minimum absolute atomic E-state index is 0.398. The summed E-state index contributed by atoms with van der Waals surface area (Å²) in [6.07, 6.45) is 9.33. The van der Waals surface area contributed by atoms with Crippen molar-refractivity contribution in [2.24, 2.45) is 5.41 Å². The summed E-state index contributed by atoms with van der Waals surface area (Å²) in [6.45, 7) is 19.1. The van der Waals surface area contributed by atoms with Crippen molar-refractivity contribution >= 4 is 0 Å². The number of rotatable bonds is 11. The van der Waals surface area contributed by atoms with Crippen molar-refractivity contribution in [3.8, 4) is 0 Å². The van der Waals surface area contributed by atoms with E-state index < -0.39 is 0 Å². The Hall–Kier alpha value is -0.0400. The van der Waals surface area contributed by atoms with E-state index >= 15 is 0 Å². The van der Waals surface area contributed by atoms with Crippen molar-refractivity contribution in [1.82, 2.24) is 4.90 Å². The van der Waals surface area contributed by atoms with Crippen LogP contribution in [0.25, 0.3) is 0 Å². The number of hydrogen-bond donors (Lipinski definition) is 0. The van der Waals surface area contributed by atoms with Crippen LogP contribution in [0.1, 0.15) is 93.4 Å². The largest absolute Gasteiger partial charge is 0.298 e. The van der Waals surface area contributed by atoms with E-state index in [2.05, 4.69) is 53.4 Å². The molecule has 0 bridgehead atoms. The Kier molecular flexibility index (Phi) is 8.98. The average molecular weight is 270 g/mol. The van der Waals surface area contributed by atoms with Crippen LogP contribution in [0, 0.1) is 5.41 Å². The van der Waals surface area contributed by atoms with Crippen LogP contribution >= 0.6 is 0 Å². The summed E-state index contributed by atoms with van der Waals surface area (Å²) in [5.41, 5.74) is 0.816. The van der Waals surface area contributed by atoms with Gasteiger partial charge in [-0.2, -0.15) is 0 Å². The molecule has 0 aromatic rings. The molecule has 0 atom stereocenters. The van der Waals surface area contributed by atoms with E-state index in [4.69, 9.17) is 0 Å². The van der Waals surface area contributed by atoms with Gasteiger partial charge in [0.25, 0.3) is 0 Å². The number of nitrogens with zero attached hydrogens (tertiary/aromatic N) is 1. The van der Waals surface area contributed by atoms with E-state index in [1.165, 1.54) is 58.0 Å². The summed E-state index contributed by atoms with van der Waals surface area (Å²) in [5.74, 6) is 0. The van der Waals surface area contributed by atoms with E-state index in [1.807, 2.05) is 0 Å². The highest BCUT2D eigenvalue weighted by molar-refractivity contribution is 5.01. The molecule has 0 unspecified atom stereocenters. The van der Waals surface area contributed by atoms with Crippen LogP contribution in [0.3, 0.4) is 0 Å². The molecule has 0 rings (SSSR count). The Morgan fingerprint density at radius 1 is 0.684 bits per heavy atom. The second-order valence-corrected chi connectivity index (χ2v) is 6.69. The zero-order valence-electron chi connectivity index (χ0n) is 14.8. The molecule has 0 heterocycles. The predicted octanol–water partition coefficient (Wildman–Crippen LogP) is 5.88. The number of hydrogen-bond acceptors (Lipinski definition) is 1. The third kappa shape index (κ3) is 4.48. The highest BCUT2D eigenvalue weighted by Gasteiger charge is 2.46. The first-order chi connectivity index (χ1) is 8.95. The molecule has 0 spiro atoms. The lowest BCUT2D eigenvalue weighted by Crippen LogP contribution is -2.58. The van der Waals surface area contributed by atoms with Gasteiger partial charge in [-0.1, -0.05) is 74.1 Å². The van der Waals surface area contributed by atoms with Gasteiger partial charge in [-0.3, -0.25) is 4.90 Å². The topological polar surface area (TPSA) is 3.24 Å². The van der Waals surface area contributed by atoms with Gasteiger partial charge in [0.1, 0.15) is 0 Å². The maximum Gasteiger partial charge on any atom is 0.0260 e. The lowest BCUT2D eigenvalue weighted by Gasteiger charge is -2.54. The molecule has 0 amide bonds. The molecule has 0 N–H and O–H groups in total. The minimum atomic E-state index is 0.398. The van der Waals surface area contributed by atoms with Crippen LogP contribution in [-0.2, 0) is 0 Å². The van der Waals surface area contributed by atoms with Crippen molar-refractivity contribution in [2.75, 3.05) is 13.1 Å². The molecule has 0 aliphatic heterocycles. The summed E-state index contributed by atoms with van der Waals surface area (Å²) in [6, 6.07) is 0.